The van der Waals surface area contributed by atoms with Gasteiger partial charge in [0.15, 0.2) is 4.34 Å². The third kappa shape index (κ3) is 4.80. The van der Waals surface area contributed by atoms with E-state index >= 15 is 0 Å². The van der Waals surface area contributed by atoms with Gasteiger partial charge in [-0.1, -0.05) is 41.3 Å². The first-order valence-corrected chi connectivity index (χ1v) is 9.50. The first-order chi connectivity index (χ1) is 12.0. The Morgan fingerprint density at radius 3 is 2.40 bits per heavy atom. The minimum Gasteiger partial charge on any atom is -0.374 e. The topological polar surface area (TPSA) is 80.9 Å². The van der Waals surface area contributed by atoms with E-state index in [-0.39, 0.29) is 5.91 Å². The van der Waals surface area contributed by atoms with Crippen molar-refractivity contribution < 1.29 is 4.79 Å². The zero-order valence-electron chi connectivity index (χ0n) is 13.9. The SMILES string of the molecule is Cc1cc(C)cc(NC(=O)c2ccc(CSc3nnc(N)s3)cc2)c1. The number of nitrogen functional groups attached to an aromatic ring is 1. The molecule has 3 aromatic rings. The second-order valence-corrected chi connectivity index (χ2v) is 7.95. The van der Waals surface area contributed by atoms with Crippen molar-refractivity contribution in [1.82, 2.24) is 10.2 Å². The molecular formula is C18H18N4OS2. The number of nitrogens with two attached hydrogens (primary N) is 1. The summed E-state index contributed by atoms with van der Waals surface area (Å²) < 4.78 is 0.842. The van der Waals surface area contributed by atoms with E-state index in [1.165, 1.54) is 11.3 Å². The summed E-state index contributed by atoms with van der Waals surface area (Å²) in [5, 5.41) is 11.2. The molecule has 25 heavy (non-hydrogen) atoms. The van der Waals surface area contributed by atoms with Gasteiger partial charge in [-0.15, -0.1) is 10.2 Å². The number of carbonyl (C=O) groups excluding carboxylic acids is 1. The predicted octanol–water partition coefficient (Wildman–Crippen LogP) is 4.28. The molecule has 0 saturated carbocycles. The Morgan fingerprint density at radius 2 is 1.80 bits per heavy atom. The predicted molar refractivity (Wildman–Crippen MR) is 104 cm³/mol. The van der Waals surface area contributed by atoms with E-state index in [2.05, 4.69) is 21.6 Å². The van der Waals surface area contributed by atoms with Crippen molar-refractivity contribution >= 4 is 39.8 Å². The molecule has 2 aromatic carbocycles. The molecule has 1 aromatic heterocycles. The molecule has 3 N–H and O–H groups in total. The molecule has 7 heteroatoms. The highest BCUT2D eigenvalue weighted by molar-refractivity contribution is 8.00. The number of carbonyl (C=O) groups is 1. The van der Waals surface area contributed by atoms with Gasteiger partial charge in [-0.25, -0.2) is 0 Å². The van der Waals surface area contributed by atoms with Crippen molar-refractivity contribution in [3.05, 3.63) is 64.7 Å². The Balaban J connectivity index is 1.62. The Labute approximate surface area is 154 Å². The Hall–Kier alpha value is -2.38. The number of benzene rings is 2. The van der Waals surface area contributed by atoms with Crippen molar-refractivity contribution in [2.75, 3.05) is 11.1 Å². The number of thioether (sulfide) groups is 1. The van der Waals surface area contributed by atoms with Crippen molar-refractivity contribution in [1.29, 1.82) is 0 Å². The normalized spacial score (nSPS) is 10.6. The number of amides is 1. The van der Waals surface area contributed by atoms with E-state index in [0.717, 1.165) is 32.5 Å². The van der Waals surface area contributed by atoms with Crippen molar-refractivity contribution in [2.24, 2.45) is 0 Å². The molecule has 0 fully saturated rings. The molecule has 0 aliphatic heterocycles. The fourth-order valence-corrected chi connectivity index (χ4v) is 4.02. The van der Waals surface area contributed by atoms with Crippen LogP contribution in [0.15, 0.2) is 46.8 Å². The van der Waals surface area contributed by atoms with Gasteiger partial charge in [0.25, 0.3) is 5.91 Å². The molecule has 5 nitrogen and oxygen atoms in total. The smallest absolute Gasteiger partial charge is 0.255 e. The average molecular weight is 371 g/mol. The molecule has 3 rings (SSSR count). The van der Waals surface area contributed by atoms with Crippen molar-refractivity contribution in [3.63, 3.8) is 0 Å². The van der Waals surface area contributed by atoms with Crippen LogP contribution in [0.3, 0.4) is 0 Å². The molecule has 1 amide bonds. The highest BCUT2D eigenvalue weighted by Gasteiger charge is 2.08. The van der Waals surface area contributed by atoms with Crippen LogP contribution in [0, 0.1) is 13.8 Å². The lowest BCUT2D eigenvalue weighted by molar-refractivity contribution is 0.102. The third-order valence-electron chi connectivity index (χ3n) is 3.48. The molecule has 0 aliphatic carbocycles. The van der Waals surface area contributed by atoms with Gasteiger partial charge < -0.3 is 11.1 Å². The third-order valence-corrected chi connectivity index (χ3v) is 5.44. The van der Waals surface area contributed by atoms with E-state index in [1.807, 2.05) is 50.2 Å². The van der Waals surface area contributed by atoms with Gasteiger partial charge >= 0.3 is 0 Å². The largest absolute Gasteiger partial charge is 0.374 e. The van der Waals surface area contributed by atoms with E-state index in [4.69, 9.17) is 5.73 Å². The molecule has 0 saturated heterocycles. The van der Waals surface area contributed by atoms with Crippen molar-refractivity contribution in [2.45, 2.75) is 23.9 Å². The highest BCUT2D eigenvalue weighted by Crippen LogP contribution is 2.27. The molecule has 0 radical (unpaired) electrons. The molecule has 0 aliphatic rings. The molecule has 128 valence electrons. The number of nitrogens with zero attached hydrogens (tertiary/aromatic N) is 2. The van der Waals surface area contributed by atoms with Crippen LogP contribution in [-0.2, 0) is 5.75 Å². The summed E-state index contributed by atoms with van der Waals surface area (Å²) in [5.41, 5.74) is 10.4. The summed E-state index contributed by atoms with van der Waals surface area (Å²) in [5.74, 6) is 0.647. The van der Waals surface area contributed by atoms with E-state index < -0.39 is 0 Å². The van der Waals surface area contributed by atoms with Gasteiger partial charge in [0, 0.05) is 17.0 Å². The molecular weight excluding hydrogens is 352 g/mol. The second-order valence-electron chi connectivity index (χ2n) is 5.72. The average Bonchev–Trinajstić information content (AvgIpc) is 2.98. The number of anilines is 2. The van der Waals surface area contributed by atoms with Crippen LogP contribution in [0.25, 0.3) is 0 Å². The molecule has 0 unspecified atom stereocenters. The van der Waals surface area contributed by atoms with Gasteiger partial charge in [0.05, 0.1) is 0 Å². The molecule has 0 atom stereocenters. The monoisotopic (exact) mass is 370 g/mol. The summed E-state index contributed by atoms with van der Waals surface area (Å²) in [6.45, 7) is 4.03. The molecule has 0 spiro atoms. The van der Waals surface area contributed by atoms with Crippen LogP contribution in [0.4, 0.5) is 10.8 Å². The van der Waals surface area contributed by atoms with Crippen LogP contribution in [0.2, 0.25) is 0 Å². The Morgan fingerprint density at radius 1 is 1.12 bits per heavy atom. The van der Waals surface area contributed by atoms with E-state index in [9.17, 15) is 4.79 Å². The van der Waals surface area contributed by atoms with Gasteiger partial charge in [-0.2, -0.15) is 0 Å². The second kappa shape index (κ2) is 7.67. The lowest BCUT2D eigenvalue weighted by Gasteiger charge is -2.08. The fraction of sp³-hybridized carbons (Fsp3) is 0.167. The number of hydrogen-bond donors (Lipinski definition) is 2. The lowest BCUT2D eigenvalue weighted by atomic mass is 10.1. The number of aryl methyl sites for hydroxylation is 2. The van der Waals surface area contributed by atoms with Gasteiger partial charge in [-0.05, 0) is 54.8 Å². The number of nitrogens with one attached hydrogen (secondary N) is 1. The minimum absolute atomic E-state index is 0.110. The van der Waals surface area contributed by atoms with Crippen LogP contribution >= 0.6 is 23.1 Å². The zero-order valence-corrected chi connectivity index (χ0v) is 15.6. The Bertz CT molecular complexity index is 870. The van der Waals surface area contributed by atoms with Gasteiger partial charge in [0.2, 0.25) is 5.13 Å². The maximum Gasteiger partial charge on any atom is 0.255 e. The van der Waals surface area contributed by atoms with Gasteiger partial charge in [0.1, 0.15) is 0 Å². The first kappa shape index (κ1) is 17.4. The van der Waals surface area contributed by atoms with Crippen molar-refractivity contribution in [3.8, 4) is 0 Å². The Kier molecular flexibility index (Phi) is 5.35. The summed E-state index contributed by atoms with van der Waals surface area (Å²) >= 11 is 2.95. The van der Waals surface area contributed by atoms with Gasteiger partial charge in [-0.3, -0.25) is 4.79 Å². The molecule has 1 heterocycles. The zero-order chi connectivity index (χ0) is 17.8. The quantitative estimate of drug-likeness (QED) is 0.655. The van der Waals surface area contributed by atoms with E-state index in [0.29, 0.717) is 10.7 Å². The summed E-state index contributed by atoms with van der Waals surface area (Å²) in [6.07, 6.45) is 0. The van der Waals surface area contributed by atoms with Crippen LogP contribution in [0.5, 0.6) is 0 Å². The minimum atomic E-state index is -0.110. The standard InChI is InChI=1S/C18H18N4OS2/c1-11-7-12(2)9-15(8-11)20-16(23)14-5-3-13(4-6-14)10-24-18-22-21-17(19)25-18/h3-9H,10H2,1-2H3,(H2,19,21)(H,20,23). The number of rotatable bonds is 5. The number of hydrogen-bond acceptors (Lipinski definition) is 6. The highest BCUT2D eigenvalue weighted by atomic mass is 32.2. The maximum absolute atomic E-state index is 12.4. The van der Waals surface area contributed by atoms with Crippen LogP contribution in [0.1, 0.15) is 27.0 Å². The fourth-order valence-electron chi connectivity index (χ4n) is 2.43. The first-order valence-electron chi connectivity index (χ1n) is 7.70. The molecule has 0 bridgehead atoms. The lowest BCUT2D eigenvalue weighted by Crippen LogP contribution is -2.12. The summed E-state index contributed by atoms with van der Waals surface area (Å²) in [7, 11) is 0. The van der Waals surface area contributed by atoms with Crippen LogP contribution < -0.4 is 11.1 Å². The summed E-state index contributed by atoms with van der Waals surface area (Å²) in [4.78, 5) is 12.4. The van der Waals surface area contributed by atoms with Crippen LogP contribution in [-0.4, -0.2) is 16.1 Å². The summed E-state index contributed by atoms with van der Waals surface area (Å²) in [6, 6.07) is 13.6. The van der Waals surface area contributed by atoms with E-state index in [1.54, 1.807) is 11.8 Å². The number of aromatic nitrogens is 2. The maximum atomic E-state index is 12.4.